The van der Waals surface area contributed by atoms with Crippen molar-refractivity contribution in [2.24, 2.45) is 11.7 Å². The highest BCUT2D eigenvalue weighted by Crippen LogP contribution is 2.32. The largest absolute Gasteiger partial charge is 0.493 e. The number of aryl methyl sites for hydroxylation is 1. The van der Waals surface area contributed by atoms with Crippen molar-refractivity contribution < 1.29 is 4.74 Å². The van der Waals surface area contributed by atoms with E-state index >= 15 is 0 Å². The molecule has 0 saturated heterocycles. The third kappa shape index (κ3) is 3.73. The molecule has 1 unspecified atom stereocenters. The summed E-state index contributed by atoms with van der Waals surface area (Å²) in [6, 6.07) is 6.65. The molecule has 1 aromatic rings. The van der Waals surface area contributed by atoms with Crippen molar-refractivity contribution in [1.29, 1.82) is 0 Å². The van der Waals surface area contributed by atoms with E-state index in [-0.39, 0.29) is 6.04 Å². The quantitative estimate of drug-likeness (QED) is 0.797. The summed E-state index contributed by atoms with van der Waals surface area (Å²) in [7, 11) is 0. The Kier molecular flexibility index (Phi) is 5.26. The number of rotatable bonds is 7. The molecule has 1 aliphatic rings. The monoisotopic (exact) mass is 261 g/mol. The van der Waals surface area contributed by atoms with Gasteiger partial charge in [0.05, 0.1) is 6.61 Å². The lowest BCUT2D eigenvalue weighted by Gasteiger charge is -2.16. The second-order valence-corrected chi connectivity index (χ2v) is 5.73. The average molecular weight is 261 g/mol. The summed E-state index contributed by atoms with van der Waals surface area (Å²) in [5.41, 5.74) is 8.75. The van der Waals surface area contributed by atoms with Crippen LogP contribution in [-0.4, -0.2) is 6.61 Å². The van der Waals surface area contributed by atoms with Crippen molar-refractivity contribution in [2.75, 3.05) is 6.61 Å². The van der Waals surface area contributed by atoms with Crippen molar-refractivity contribution in [3.8, 4) is 5.75 Å². The maximum Gasteiger partial charge on any atom is 0.119 e. The van der Waals surface area contributed by atoms with Gasteiger partial charge in [0.15, 0.2) is 0 Å². The first kappa shape index (κ1) is 14.4. The van der Waals surface area contributed by atoms with E-state index in [1.54, 1.807) is 0 Å². The second kappa shape index (κ2) is 6.95. The molecule has 2 N–H and O–H groups in total. The fourth-order valence-electron chi connectivity index (χ4n) is 2.83. The maximum absolute atomic E-state index is 6.05. The molecule has 0 amide bonds. The number of benzene rings is 1. The van der Waals surface area contributed by atoms with Gasteiger partial charge in [0.25, 0.3) is 0 Å². The number of hydrogen-bond acceptors (Lipinski definition) is 2. The van der Waals surface area contributed by atoms with E-state index in [9.17, 15) is 0 Å². The van der Waals surface area contributed by atoms with Gasteiger partial charge < -0.3 is 10.5 Å². The van der Waals surface area contributed by atoms with E-state index in [1.165, 1.54) is 36.8 Å². The van der Waals surface area contributed by atoms with Gasteiger partial charge in [-0.2, -0.15) is 0 Å². The molecule has 2 nitrogen and oxygen atoms in total. The van der Waals surface area contributed by atoms with Gasteiger partial charge in [-0.25, -0.2) is 0 Å². The van der Waals surface area contributed by atoms with Gasteiger partial charge in [-0.05, 0) is 48.4 Å². The van der Waals surface area contributed by atoms with Gasteiger partial charge in [-0.1, -0.05) is 39.2 Å². The molecular weight excluding hydrogens is 234 g/mol. The molecule has 0 aliphatic heterocycles. The van der Waals surface area contributed by atoms with Crippen LogP contribution in [0.25, 0.3) is 0 Å². The molecule has 106 valence electrons. The van der Waals surface area contributed by atoms with Crippen LogP contribution in [0.4, 0.5) is 0 Å². The lowest BCUT2D eigenvalue weighted by Crippen LogP contribution is -2.11. The van der Waals surface area contributed by atoms with Crippen LogP contribution in [0.3, 0.4) is 0 Å². The lowest BCUT2D eigenvalue weighted by atomic mass is 10.0. The molecule has 0 radical (unpaired) electrons. The first-order valence-corrected chi connectivity index (χ1v) is 7.75. The average Bonchev–Trinajstić information content (AvgIpc) is 2.80. The highest BCUT2D eigenvalue weighted by Gasteiger charge is 2.19. The molecule has 0 saturated carbocycles. The van der Waals surface area contributed by atoms with Crippen LogP contribution in [0.1, 0.15) is 63.1 Å². The topological polar surface area (TPSA) is 35.2 Å². The summed E-state index contributed by atoms with van der Waals surface area (Å²) in [5, 5.41) is 0. The zero-order valence-electron chi connectivity index (χ0n) is 12.3. The normalized spacial score (nSPS) is 19.2. The maximum atomic E-state index is 6.05. The zero-order valence-corrected chi connectivity index (χ0v) is 12.3. The first-order valence-electron chi connectivity index (χ1n) is 7.75. The Bertz CT molecular complexity index is 402. The van der Waals surface area contributed by atoms with Gasteiger partial charge >= 0.3 is 0 Å². The summed E-state index contributed by atoms with van der Waals surface area (Å²) in [5.74, 6) is 1.71. The van der Waals surface area contributed by atoms with E-state index in [2.05, 4.69) is 32.0 Å². The first-order chi connectivity index (χ1) is 9.24. The molecule has 0 bridgehead atoms. The van der Waals surface area contributed by atoms with Crippen LogP contribution in [-0.2, 0) is 6.42 Å². The van der Waals surface area contributed by atoms with Gasteiger partial charge in [0, 0.05) is 6.04 Å². The molecule has 1 aliphatic carbocycles. The number of fused-ring (bicyclic) bond motifs is 1. The number of unbranched alkanes of at least 4 members (excludes halogenated alkanes) is 1. The van der Waals surface area contributed by atoms with Crippen molar-refractivity contribution in [3.05, 3.63) is 29.3 Å². The third-order valence-corrected chi connectivity index (χ3v) is 4.27. The Hall–Kier alpha value is -1.02. The Morgan fingerprint density at radius 2 is 2.21 bits per heavy atom. The summed E-state index contributed by atoms with van der Waals surface area (Å²) >= 11 is 0. The fourth-order valence-corrected chi connectivity index (χ4v) is 2.83. The molecule has 2 atom stereocenters. The predicted molar refractivity (Wildman–Crippen MR) is 80.5 cm³/mol. The number of hydrogen-bond donors (Lipinski definition) is 1. The van der Waals surface area contributed by atoms with Crippen LogP contribution in [0.2, 0.25) is 0 Å². The molecule has 0 aromatic heterocycles. The zero-order chi connectivity index (χ0) is 13.7. The summed E-state index contributed by atoms with van der Waals surface area (Å²) in [4.78, 5) is 0. The molecule has 0 fully saturated rings. The Morgan fingerprint density at radius 1 is 1.37 bits per heavy atom. The van der Waals surface area contributed by atoms with E-state index in [0.29, 0.717) is 5.92 Å². The molecule has 2 heteroatoms. The van der Waals surface area contributed by atoms with Gasteiger partial charge in [-0.3, -0.25) is 0 Å². The predicted octanol–water partition coefficient (Wildman–Crippen LogP) is 4.23. The van der Waals surface area contributed by atoms with Crippen LogP contribution in [0.5, 0.6) is 5.75 Å². The van der Waals surface area contributed by atoms with Crippen LogP contribution < -0.4 is 10.5 Å². The standard InChI is InChI=1S/C17H27NO/c1-3-5-6-13(4-2)12-19-15-8-9-16-14(11-15)7-10-17(16)18/h8-9,11,13,17H,3-7,10,12,18H2,1-2H3/t13?,17-/m1/s1. The third-order valence-electron chi connectivity index (χ3n) is 4.27. The van der Waals surface area contributed by atoms with E-state index in [1.807, 2.05) is 0 Å². The van der Waals surface area contributed by atoms with Crippen LogP contribution in [0, 0.1) is 5.92 Å². The number of nitrogens with two attached hydrogens (primary N) is 1. The van der Waals surface area contributed by atoms with Crippen molar-refractivity contribution >= 4 is 0 Å². The van der Waals surface area contributed by atoms with Crippen molar-refractivity contribution in [3.63, 3.8) is 0 Å². The molecule has 0 spiro atoms. The Morgan fingerprint density at radius 3 is 2.95 bits per heavy atom. The van der Waals surface area contributed by atoms with Gasteiger partial charge in [0.2, 0.25) is 0 Å². The highest BCUT2D eigenvalue weighted by atomic mass is 16.5. The van der Waals surface area contributed by atoms with Gasteiger partial charge in [-0.15, -0.1) is 0 Å². The second-order valence-electron chi connectivity index (χ2n) is 5.73. The molecule has 19 heavy (non-hydrogen) atoms. The van der Waals surface area contributed by atoms with Crippen molar-refractivity contribution in [1.82, 2.24) is 0 Å². The van der Waals surface area contributed by atoms with Crippen LogP contribution in [0.15, 0.2) is 18.2 Å². The highest BCUT2D eigenvalue weighted by molar-refractivity contribution is 5.40. The summed E-state index contributed by atoms with van der Waals surface area (Å²) in [6.07, 6.45) is 7.24. The van der Waals surface area contributed by atoms with E-state index < -0.39 is 0 Å². The van der Waals surface area contributed by atoms with E-state index in [4.69, 9.17) is 10.5 Å². The minimum Gasteiger partial charge on any atom is -0.493 e. The summed E-state index contributed by atoms with van der Waals surface area (Å²) in [6.45, 7) is 5.35. The Balaban J connectivity index is 1.89. The minimum atomic E-state index is 0.233. The molecule has 1 aromatic carbocycles. The van der Waals surface area contributed by atoms with Crippen LogP contribution >= 0.6 is 0 Å². The molecule has 0 heterocycles. The fraction of sp³-hybridized carbons (Fsp3) is 0.647. The minimum absolute atomic E-state index is 0.233. The molecular formula is C17H27NO. The SMILES string of the molecule is CCCCC(CC)COc1ccc2c(c1)CC[C@H]2N. The molecule has 2 rings (SSSR count). The lowest BCUT2D eigenvalue weighted by molar-refractivity contribution is 0.233. The number of ether oxygens (including phenoxy) is 1. The van der Waals surface area contributed by atoms with E-state index in [0.717, 1.165) is 25.2 Å². The smallest absolute Gasteiger partial charge is 0.119 e. The Labute approximate surface area is 117 Å². The summed E-state index contributed by atoms with van der Waals surface area (Å²) < 4.78 is 5.98. The van der Waals surface area contributed by atoms with Gasteiger partial charge in [0.1, 0.15) is 5.75 Å². The van der Waals surface area contributed by atoms with Crippen molar-refractivity contribution in [2.45, 2.75) is 58.4 Å².